The molecule has 0 aromatic rings. The lowest BCUT2D eigenvalue weighted by atomic mass is 9.97. The first-order valence-corrected chi connectivity index (χ1v) is 5.64. The summed E-state index contributed by atoms with van der Waals surface area (Å²) in [7, 11) is 0. The number of primary amides is 1. The highest BCUT2D eigenvalue weighted by atomic mass is 16.2. The van der Waals surface area contributed by atoms with Crippen LogP contribution in [0.15, 0.2) is 0 Å². The Balaban J connectivity index is 2.21. The molecular formula is C10H20N4O2. The molecule has 0 spiro atoms. The zero-order valence-corrected chi connectivity index (χ0v) is 9.45. The normalized spacial score (nSPS) is 21.7. The fraction of sp³-hybridized carbons (Fsp3) is 0.800. The Hall–Kier alpha value is -1.14. The summed E-state index contributed by atoms with van der Waals surface area (Å²) in [6.45, 7) is 2.52. The van der Waals surface area contributed by atoms with Crippen LogP contribution in [0, 0.1) is 5.92 Å². The molecule has 1 unspecified atom stereocenters. The van der Waals surface area contributed by atoms with E-state index in [0.29, 0.717) is 6.42 Å². The van der Waals surface area contributed by atoms with Crippen LogP contribution in [-0.2, 0) is 9.59 Å². The molecule has 5 N–H and O–H groups in total. The monoisotopic (exact) mass is 228 g/mol. The lowest BCUT2D eigenvalue weighted by molar-refractivity contribution is -0.124. The van der Waals surface area contributed by atoms with Gasteiger partial charge in [0.1, 0.15) is 0 Å². The van der Waals surface area contributed by atoms with Crippen LogP contribution in [0.3, 0.4) is 0 Å². The van der Waals surface area contributed by atoms with Crippen LogP contribution in [0.1, 0.15) is 25.7 Å². The van der Waals surface area contributed by atoms with Crippen molar-refractivity contribution in [2.45, 2.75) is 25.7 Å². The van der Waals surface area contributed by atoms with Gasteiger partial charge in [0.05, 0.1) is 5.92 Å². The molecule has 1 fully saturated rings. The number of hydrogen-bond acceptors (Lipinski definition) is 4. The molecule has 1 rings (SSSR count). The zero-order valence-electron chi connectivity index (χ0n) is 9.45. The molecule has 0 aromatic heterocycles. The van der Waals surface area contributed by atoms with E-state index in [2.05, 4.69) is 10.3 Å². The van der Waals surface area contributed by atoms with E-state index < -0.39 is 0 Å². The number of likely N-dealkylation sites (tertiary alicyclic amines) is 1. The molecule has 0 saturated carbocycles. The molecule has 0 aliphatic carbocycles. The van der Waals surface area contributed by atoms with Gasteiger partial charge in [-0.3, -0.25) is 15.0 Å². The van der Waals surface area contributed by atoms with E-state index in [1.165, 1.54) is 0 Å². The van der Waals surface area contributed by atoms with Crippen LogP contribution < -0.4 is 17.0 Å². The third-order valence-electron chi connectivity index (χ3n) is 2.95. The maximum Gasteiger partial charge on any atom is 0.233 e. The van der Waals surface area contributed by atoms with Crippen molar-refractivity contribution in [3.05, 3.63) is 0 Å². The molecule has 6 nitrogen and oxygen atoms in total. The molecule has 1 aliphatic rings. The van der Waals surface area contributed by atoms with Crippen molar-refractivity contribution in [1.29, 1.82) is 0 Å². The average Bonchev–Trinajstić information content (AvgIpc) is 2.29. The number of carbonyl (C=O) groups is 2. The SMILES string of the molecule is NNC(=O)CCCN1CCCC(C(N)=O)C1. The third kappa shape index (κ3) is 4.16. The summed E-state index contributed by atoms with van der Waals surface area (Å²) in [5, 5.41) is 0. The molecule has 0 bridgehead atoms. The van der Waals surface area contributed by atoms with E-state index in [-0.39, 0.29) is 17.7 Å². The molecule has 0 radical (unpaired) electrons. The summed E-state index contributed by atoms with van der Waals surface area (Å²) in [5.74, 6) is 4.58. The van der Waals surface area contributed by atoms with Crippen molar-refractivity contribution in [1.82, 2.24) is 10.3 Å². The second kappa shape index (κ2) is 6.44. The van der Waals surface area contributed by atoms with Gasteiger partial charge in [-0.1, -0.05) is 0 Å². The van der Waals surface area contributed by atoms with Crippen LogP contribution in [0.5, 0.6) is 0 Å². The average molecular weight is 228 g/mol. The lowest BCUT2D eigenvalue weighted by Gasteiger charge is -2.30. The van der Waals surface area contributed by atoms with Crippen molar-refractivity contribution in [2.24, 2.45) is 17.5 Å². The van der Waals surface area contributed by atoms with Crippen molar-refractivity contribution >= 4 is 11.8 Å². The van der Waals surface area contributed by atoms with Gasteiger partial charge in [-0.2, -0.15) is 0 Å². The molecule has 1 saturated heterocycles. The number of carbonyl (C=O) groups excluding carboxylic acids is 2. The molecule has 1 atom stereocenters. The van der Waals surface area contributed by atoms with E-state index in [9.17, 15) is 9.59 Å². The maximum absolute atomic E-state index is 11.0. The second-order valence-electron chi connectivity index (χ2n) is 4.21. The highest BCUT2D eigenvalue weighted by molar-refractivity contribution is 5.77. The van der Waals surface area contributed by atoms with Crippen LogP contribution in [0.25, 0.3) is 0 Å². The number of piperidine rings is 1. The molecular weight excluding hydrogens is 208 g/mol. The fourth-order valence-corrected chi connectivity index (χ4v) is 2.03. The lowest BCUT2D eigenvalue weighted by Crippen LogP contribution is -2.41. The molecule has 16 heavy (non-hydrogen) atoms. The van der Waals surface area contributed by atoms with Gasteiger partial charge < -0.3 is 10.6 Å². The standard InChI is InChI=1S/C10H20N4O2/c11-10(16)8-3-1-5-14(7-8)6-2-4-9(15)13-12/h8H,1-7,12H2,(H2,11,16)(H,13,15). The van der Waals surface area contributed by atoms with Crippen molar-refractivity contribution in [2.75, 3.05) is 19.6 Å². The van der Waals surface area contributed by atoms with E-state index >= 15 is 0 Å². The summed E-state index contributed by atoms with van der Waals surface area (Å²) in [5.41, 5.74) is 7.38. The fourth-order valence-electron chi connectivity index (χ4n) is 2.03. The number of nitrogens with zero attached hydrogens (tertiary/aromatic N) is 1. The molecule has 1 heterocycles. The van der Waals surface area contributed by atoms with Gasteiger partial charge in [0.15, 0.2) is 0 Å². The van der Waals surface area contributed by atoms with Crippen LogP contribution in [-0.4, -0.2) is 36.3 Å². The number of hydrazine groups is 1. The molecule has 0 aromatic carbocycles. The molecule has 1 aliphatic heterocycles. The van der Waals surface area contributed by atoms with Gasteiger partial charge >= 0.3 is 0 Å². The number of amides is 2. The van der Waals surface area contributed by atoms with Crippen molar-refractivity contribution in [3.8, 4) is 0 Å². The highest BCUT2D eigenvalue weighted by Gasteiger charge is 2.23. The maximum atomic E-state index is 11.0. The first-order valence-electron chi connectivity index (χ1n) is 5.64. The molecule has 92 valence electrons. The Morgan fingerprint density at radius 2 is 2.19 bits per heavy atom. The van der Waals surface area contributed by atoms with Gasteiger partial charge in [-0.05, 0) is 32.4 Å². The van der Waals surface area contributed by atoms with Crippen LogP contribution in [0.4, 0.5) is 0 Å². The van der Waals surface area contributed by atoms with Gasteiger partial charge in [-0.25, -0.2) is 5.84 Å². The van der Waals surface area contributed by atoms with Crippen molar-refractivity contribution in [3.63, 3.8) is 0 Å². The Labute approximate surface area is 95.3 Å². The number of rotatable bonds is 5. The summed E-state index contributed by atoms with van der Waals surface area (Å²) < 4.78 is 0. The predicted molar refractivity (Wildman–Crippen MR) is 59.9 cm³/mol. The minimum absolute atomic E-state index is 0.0305. The first-order chi connectivity index (χ1) is 7.63. The van der Waals surface area contributed by atoms with Crippen LogP contribution >= 0.6 is 0 Å². The quantitative estimate of drug-likeness (QED) is 0.317. The summed E-state index contributed by atoms with van der Waals surface area (Å²) in [6.07, 6.45) is 3.06. The smallest absolute Gasteiger partial charge is 0.233 e. The van der Waals surface area contributed by atoms with Crippen molar-refractivity contribution < 1.29 is 9.59 Å². The van der Waals surface area contributed by atoms with Crippen LogP contribution in [0.2, 0.25) is 0 Å². The first kappa shape index (κ1) is 12.9. The molecule has 6 heteroatoms. The summed E-state index contributed by atoms with van der Waals surface area (Å²) in [4.78, 5) is 24.1. The van der Waals surface area contributed by atoms with Gasteiger partial charge in [0.25, 0.3) is 0 Å². The van der Waals surface area contributed by atoms with Gasteiger partial charge in [-0.15, -0.1) is 0 Å². The number of nitrogens with one attached hydrogen (secondary N) is 1. The third-order valence-corrected chi connectivity index (χ3v) is 2.95. The Kier molecular flexibility index (Phi) is 5.21. The largest absolute Gasteiger partial charge is 0.369 e. The topological polar surface area (TPSA) is 101 Å². The van der Waals surface area contributed by atoms with E-state index in [1.54, 1.807) is 0 Å². The zero-order chi connectivity index (χ0) is 12.0. The van der Waals surface area contributed by atoms with E-state index in [4.69, 9.17) is 11.6 Å². The molecule has 2 amide bonds. The minimum atomic E-state index is -0.218. The summed E-state index contributed by atoms with van der Waals surface area (Å²) in [6, 6.07) is 0. The predicted octanol–water partition coefficient (Wildman–Crippen LogP) is -1.05. The Bertz CT molecular complexity index is 257. The highest BCUT2D eigenvalue weighted by Crippen LogP contribution is 2.16. The number of nitrogens with two attached hydrogens (primary N) is 2. The minimum Gasteiger partial charge on any atom is -0.369 e. The Morgan fingerprint density at radius 3 is 2.81 bits per heavy atom. The van der Waals surface area contributed by atoms with E-state index in [1.807, 2.05) is 0 Å². The number of hydrogen-bond donors (Lipinski definition) is 3. The van der Waals surface area contributed by atoms with Gasteiger partial charge in [0.2, 0.25) is 11.8 Å². The second-order valence-corrected chi connectivity index (χ2v) is 4.21. The van der Waals surface area contributed by atoms with Gasteiger partial charge in [0, 0.05) is 13.0 Å². The summed E-state index contributed by atoms with van der Waals surface area (Å²) >= 11 is 0. The van der Waals surface area contributed by atoms with E-state index in [0.717, 1.165) is 38.9 Å². The Morgan fingerprint density at radius 1 is 1.44 bits per heavy atom.